The van der Waals surface area contributed by atoms with Gasteiger partial charge in [-0.2, -0.15) is 0 Å². The molecule has 0 radical (unpaired) electrons. The molecular weight excluding hydrogens is 418 g/mol. The van der Waals surface area contributed by atoms with Gasteiger partial charge in [-0.05, 0) is 53.7 Å². The third-order valence-electron chi connectivity index (χ3n) is 9.52. The monoisotopic (exact) mass is 448 g/mol. The van der Waals surface area contributed by atoms with Gasteiger partial charge >= 0.3 is 5.97 Å². The molecule has 4 fully saturated rings. The highest BCUT2D eigenvalue weighted by Crippen LogP contribution is 2.78. The third-order valence-corrected chi connectivity index (χ3v) is 9.52. The molecule has 4 saturated carbocycles. The fraction of sp³-hybridized carbons (Fsp3) is 0.720. The number of ketones is 2. The highest BCUT2D eigenvalue weighted by atomic mass is 19.3. The van der Waals surface area contributed by atoms with E-state index in [4.69, 9.17) is 4.74 Å². The molecule has 1 N–H and O–H groups in total. The number of allylic oxidation sites excluding steroid dienone is 4. The Balaban J connectivity index is 1.56. The zero-order chi connectivity index (χ0) is 23.4. The van der Waals surface area contributed by atoms with E-state index in [2.05, 4.69) is 0 Å². The molecule has 0 unspecified atom stereocenters. The largest absolute Gasteiger partial charge is 0.458 e. The molecule has 10 atom stereocenters. The van der Waals surface area contributed by atoms with Crippen LogP contribution in [0.1, 0.15) is 40.5 Å². The Labute approximate surface area is 186 Å². The molecule has 0 aromatic rings. The first-order chi connectivity index (χ1) is 14.8. The zero-order valence-corrected chi connectivity index (χ0v) is 18.8. The first-order valence-corrected chi connectivity index (χ1v) is 11.5. The third kappa shape index (κ3) is 2.66. The second kappa shape index (κ2) is 6.58. The van der Waals surface area contributed by atoms with E-state index in [-0.39, 0.29) is 30.0 Å². The van der Waals surface area contributed by atoms with Gasteiger partial charge in [0.1, 0.15) is 6.61 Å². The number of hydrogen-bond donors (Lipinski definition) is 1. The Morgan fingerprint density at radius 3 is 2.59 bits per heavy atom. The molecule has 174 valence electrons. The number of alkyl halides is 2. The summed E-state index contributed by atoms with van der Waals surface area (Å²) in [6, 6.07) is 0. The molecule has 7 heteroatoms. The number of ether oxygens (including phenoxy) is 1. The van der Waals surface area contributed by atoms with Gasteiger partial charge in [-0.15, -0.1) is 0 Å². The molecule has 5 aliphatic rings. The highest BCUT2D eigenvalue weighted by molar-refractivity contribution is 6.01. The van der Waals surface area contributed by atoms with E-state index >= 15 is 8.78 Å². The lowest BCUT2D eigenvalue weighted by atomic mass is 9.46. The van der Waals surface area contributed by atoms with Crippen molar-refractivity contribution in [1.82, 2.24) is 0 Å². The minimum absolute atomic E-state index is 0.0574. The Bertz CT molecular complexity index is 969. The number of carbonyl (C=O) groups excluding carboxylic acids is 3. The molecule has 5 nitrogen and oxygen atoms in total. The van der Waals surface area contributed by atoms with Gasteiger partial charge in [0.15, 0.2) is 11.6 Å². The average molecular weight is 449 g/mol. The van der Waals surface area contributed by atoms with E-state index in [0.717, 1.165) is 0 Å². The fourth-order valence-corrected chi connectivity index (χ4v) is 8.53. The van der Waals surface area contributed by atoms with Crippen molar-refractivity contribution in [2.45, 2.75) is 52.6 Å². The van der Waals surface area contributed by atoms with Crippen LogP contribution >= 0.6 is 0 Å². The van der Waals surface area contributed by atoms with Crippen molar-refractivity contribution in [1.29, 1.82) is 0 Å². The summed E-state index contributed by atoms with van der Waals surface area (Å²) in [4.78, 5) is 36.3. The van der Waals surface area contributed by atoms with Crippen LogP contribution in [0.25, 0.3) is 0 Å². The predicted octanol–water partition coefficient (Wildman–Crippen LogP) is 3.36. The smallest absolute Gasteiger partial charge is 0.303 e. The van der Waals surface area contributed by atoms with Gasteiger partial charge in [0.25, 0.3) is 5.92 Å². The standard InChI is InChI=1S/C25H30F2O5/c1-11-7-14-18-21(16(30)9-24(14,4)19(11)17(31)10-32-12(2)28)23(3)6-5-13(29)8-15(23)20-22(18)25(20,26)27/h5-6,8,11,14,16,18-22,30H,7,9-10H2,1-4H3/t11-,14+,16+,18+,19-,20-,21+,22+,23+,24+/m1/s1. The molecule has 0 heterocycles. The summed E-state index contributed by atoms with van der Waals surface area (Å²) in [6.07, 6.45) is 4.59. The minimum atomic E-state index is -2.92. The summed E-state index contributed by atoms with van der Waals surface area (Å²) in [6.45, 7) is 6.70. The normalized spacial score (nSPS) is 49.8. The Morgan fingerprint density at radius 1 is 1.25 bits per heavy atom. The minimum Gasteiger partial charge on any atom is -0.458 e. The molecule has 0 spiro atoms. The first kappa shape index (κ1) is 21.9. The molecule has 0 aromatic heterocycles. The topological polar surface area (TPSA) is 80.7 Å². The van der Waals surface area contributed by atoms with Crippen LogP contribution in [0.2, 0.25) is 0 Å². The van der Waals surface area contributed by atoms with Gasteiger partial charge in [-0.1, -0.05) is 26.8 Å². The predicted molar refractivity (Wildman–Crippen MR) is 110 cm³/mol. The molecule has 0 aliphatic heterocycles. The Kier molecular flexibility index (Phi) is 4.51. The highest BCUT2D eigenvalue weighted by Gasteiger charge is 2.81. The van der Waals surface area contributed by atoms with Gasteiger partial charge in [0, 0.05) is 30.1 Å². The van der Waals surface area contributed by atoms with Crippen molar-refractivity contribution in [2.24, 2.45) is 52.3 Å². The molecule has 5 rings (SSSR count). The maximum absolute atomic E-state index is 15.2. The summed E-state index contributed by atoms with van der Waals surface area (Å²) < 4.78 is 35.4. The van der Waals surface area contributed by atoms with Crippen molar-refractivity contribution < 1.29 is 33.0 Å². The van der Waals surface area contributed by atoms with Gasteiger partial charge in [0.05, 0.1) is 12.0 Å². The van der Waals surface area contributed by atoms with Crippen molar-refractivity contribution in [3.8, 4) is 0 Å². The number of hydrogen-bond acceptors (Lipinski definition) is 5. The molecule has 0 bridgehead atoms. The number of esters is 1. The number of rotatable bonds is 3. The SMILES string of the molecule is CC(=O)OCC(=O)[C@H]1[C@H](C)C[C@H]2[C@@H]3[C@H]4[C@@H](C5=CC(=O)C=C[C@]5(C)[C@H]3[C@@H](O)C[C@@]21C)C4(F)F. The first-order valence-electron chi connectivity index (χ1n) is 11.5. The van der Waals surface area contributed by atoms with Crippen LogP contribution < -0.4 is 0 Å². The van der Waals surface area contributed by atoms with Crippen LogP contribution in [0.5, 0.6) is 0 Å². The molecule has 0 amide bonds. The zero-order valence-electron chi connectivity index (χ0n) is 18.8. The van der Waals surface area contributed by atoms with Gasteiger partial charge in [-0.3, -0.25) is 14.4 Å². The van der Waals surface area contributed by atoms with Crippen LogP contribution in [0.4, 0.5) is 8.78 Å². The summed E-state index contributed by atoms with van der Waals surface area (Å²) in [5.41, 5.74) is -0.993. The summed E-state index contributed by atoms with van der Waals surface area (Å²) in [7, 11) is 0. The Morgan fingerprint density at radius 2 is 1.94 bits per heavy atom. The van der Waals surface area contributed by atoms with E-state index in [1.807, 2.05) is 20.8 Å². The van der Waals surface area contributed by atoms with E-state index in [0.29, 0.717) is 18.4 Å². The van der Waals surface area contributed by atoms with Crippen molar-refractivity contribution >= 4 is 17.5 Å². The number of Topliss-reactive ketones (excluding diaryl/α,β-unsaturated/α-hetero) is 1. The van der Waals surface area contributed by atoms with Gasteiger partial charge < -0.3 is 9.84 Å². The van der Waals surface area contributed by atoms with Crippen molar-refractivity contribution in [3.63, 3.8) is 0 Å². The molecule has 0 aromatic carbocycles. The lowest BCUT2D eigenvalue weighted by Gasteiger charge is -2.58. The quantitative estimate of drug-likeness (QED) is 0.670. The van der Waals surface area contributed by atoms with Crippen LogP contribution in [-0.4, -0.2) is 41.3 Å². The van der Waals surface area contributed by atoms with Gasteiger partial charge in [-0.25, -0.2) is 8.78 Å². The summed E-state index contributed by atoms with van der Waals surface area (Å²) >= 11 is 0. The second-order valence-electron chi connectivity index (χ2n) is 11.2. The molecule has 0 saturated heterocycles. The lowest BCUT2D eigenvalue weighted by molar-refractivity contribution is -0.154. The summed E-state index contributed by atoms with van der Waals surface area (Å²) in [5, 5.41) is 11.4. The van der Waals surface area contributed by atoms with E-state index in [1.165, 1.54) is 19.1 Å². The number of halogens is 2. The van der Waals surface area contributed by atoms with Crippen LogP contribution in [-0.2, 0) is 19.1 Å². The van der Waals surface area contributed by atoms with E-state index in [9.17, 15) is 19.5 Å². The molecule has 5 aliphatic carbocycles. The molecule has 32 heavy (non-hydrogen) atoms. The van der Waals surface area contributed by atoms with E-state index < -0.39 is 58.4 Å². The van der Waals surface area contributed by atoms with E-state index in [1.54, 1.807) is 6.08 Å². The lowest BCUT2D eigenvalue weighted by Crippen LogP contribution is -2.57. The number of carbonyl (C=O) groups is 3. The Hall–Kier alpha value is -1.89. The summed E-state index contributed by atoms with van der Waals surface area (Å²) in [5.74, 6) is -7.37. The van der Waals surface area contributed by atoms with Crippen LogP contribution in [0, 0.1) is 52.3 Å². The second-order valence-corrected chi connectivity index (χ2v) is 11.2. The molecular formula is C25H30F2O5. The number of aliphatic hydroxyl groups is 1. The van der Waals surface area contributed by atoms with Gasteiger partial charge in [0.2, 0.25) is 0 Å². The maximum atomic E-state index is 15.2. The maximum Gasteiger partial charge on any atom is 0.303 e. The van der Waals surface area contributed by atoms with Crippen LogP contribution in [0.15, 0.2) is 23.8 Å². The fourth-order valence-electron chi connectivity index (χ4n) is 8.53. The average Bonchev–Trinajstić information content (AvgIpc) is 3.13. The van der Waals surface area contributed by atoms with Crippen molar-refractivity contribution in [3.05, 3.63) is 23.8 Å². The van der Waals surface area contributed by atoms with Crippen LogP contribution in [0.3, 0.4) is 0 Å². The van der Waals surface area contributed by atoms with Crippen molar-refractivity contribution in [2.75, 3.05) is 6.61 Å². The number of aliphatic hydroxyl groups excluding tert-OH is 1. The number of fused-ring (bicyclic) bond motifs is 8.